The van der Waals surface area contributed by atoms with Gasteiger partial charge in [0.1, 0.15) is 7.85 Å². The number of carbonyl (C=O) groups is 1. The van der Waals surface area contributed by atoms with E-state index in [1.807, 2.05) is 7.85 Å². The molecule has 1 aliphatic rings. The van der Waals surface area contributed by atoms with Crippen molar-refractivity contribution in [2.45, 2.75) is 37.9 Å². The van der Waals surface area contributed by atoms with Crippen LogP contribution in [0.3, 0.4) is 0 Å². The van der Waals surface area contributed by atoms with E-state index < -0.39 is 11.3 Å². The molecule has 1 saturated heterocycles. The minimum Gasteiger partial charge on any atom is -0.481 e. The minimum atomic E-state index is -0.625. The first-order chi connectivity index (χ1) is 6.61. The Balaban J connectivity index is 0. The highest BCUT2D eigenvalue weighted by Gasteiger charge is 2.41. The lowest BCUT2D eigenvalue weighted by Gasteiger charge is -2.30. The Hall–Kier alpha value is 0.0749. The number of hydrogen-bond acceptors (Lipinski definition) is 2. The Morgan fingerprint density at radius 1 is 1.56 bits per heavy atom. The van der Waals surface area contributed by atoms with Crippen LogP contribution >= 0.6 is 24.8 Å². The quantitative estimate of drug-likeness (QED) is 0.744. The Morgan fingerprint density at radius 3 is 2.56 bits per heavy atom. The summed E-state index contributed by atoms with van der Waals surface area (Å²) in [5.41, 5.74) is 0. The molecule has 0 saturated carbocycles. The van der Waals surface area contributed by atoms with Crippen molar-refractivity contribution in [1.82, 2.24) is 5.32 Å². The van der Waals surface area contributed by atoms with Gasteiger partial charge in [-0.1, -0.05) is 19.8 Å². The highest BCUT2D eigenvalue weighted by atomic mass is 35.5. The van der Waals surface area contributed by atoms with E-state index in [1.165, 1.54) is 0 Å². The van der Waals surface area contributed by atoms with Crippen molar-refractivity contribution in [3.05, 3.63) is 0 Å². The van der Waals surface area contributed by atoms with E-state index in [4.69, 9.17) is 0 Å². The summed E-state index contributed by atoms with van der Waals surface area (Å²) in [6.45, 7) is 3.95. The number of rotatable bonds is 5. The van der Waals surface area contributed by atoms with Gasteiger partial charge in [-0.2, -0.15) is 0 Å². The maximum Gasteiger partial charge on any atom is 0.301 e. The van der Waals surface area contributed by atoms with Gasteiger partial charge in [-0.25, -0.2) is 0 Å². The van der Waals surface area contributed by atoms with E-state index in [2.05, 4.69) is 12.2 Å². The van der Waals surface area contributed by atoms with E-state index in [1.54, 1.807) is 0 Å². The standard InChI is InChI=1S/C10H20BNO2.2ClH/c1-2-3-5-10(11,9(13)14)8-4-6-12-7-8;;/h8,12H,2-7,11H2,1H3,(H,13,14);2*1H. The number of aliphatic carboxylic acids is 1. The minimum absolute atomic E-state index is 0. The van der Waals surface area contributed by atoms with E-state index in [-0.39, 0.29) is 24.8 Å². The molecule has 1 rings (SSSR count). The topological polar surface area (TPSA) is 49.3 Å². The SMILES string of the molecule is BC(CCCC)(C(=O)O)C1CCNC1.Cl.Cl. The van der Waals surface area contributed by atoms with Crippen molar-refractivity contribution in [2.75, 3.05) is 13.1 Å². The zero-order chi connectivity index (χ0) is 10.6. The average molecular weight is 270 g/mol. The summed E-state index contributed by atoms with van der Waals surface area (Å²) in [6.07, 6.45) is 3.90. The molecule has 2 unspecified atom stereocenters. The number of unbranched alkanes of at least 4 members (excludes halogenated alkanes) is 1. The maximum absolute atomic E-state index is 11.3. The van der Waals surface area contributed by atoms with Crippen LogP contribution in [0, 0.1) is 5.92 Å². The van der Waals surface area contributed by atoms with Crippen molar-refractivity contribution < 1.29 is 9.90 Å². The fourth-order valence-corrected chi connectivity index (χ4v) is 2.23. The molecule has 0 aromatic rings. The molecule has 2 atom stereocenters. The summed E-state index contributed by atoms with van der Waals surface area (Å²) in [4.78, 5) is 11.3. The first-order valence-corrected chi connectivity index (χ1v) is 5.55. The van der Waals surface area contributed by atoms with Gasteiger partial charge in [-0.3, -0.25) is 4.79 Å². The second kappa shape index (κ2) is 8.21. The van der Waals surface area contributed by atoms with Crippen LogP contribution < -0.4 is 5.32 Å². The Labute approximate surface area is 111 Å². The smallest absolute Gasteiger partial charge is 0.301 e. The number of hydrogen-bond donors (Lipinski definition) is 2. The predicted molar refractivity (Wildman–Crippen MR) is 73.9 cm³/mol. The lowest BCUT2D eigenvalue weighted by molar-refractivity contribution is -0.142. The first kappa shape index (κ1) is 18.4. The Morgan fingerprint density at radius 2 is 2.19 bits per heavy atom. The van der Waals surface area contributed by atoms with Gasteiger partial charge < -0.3 is 10.4 Å². The third-order valence-electron chi connectivity index (χ3n) is 3.50. The zero-order valence-electron chi connectivity index (χ0n) is 9.99. The summed E-state index contributed by atoms with van der Waals surface area (Å²) in [5.74, 6) is -0.314. The number of carboxylic acids is 1. The molecule has 16 heavy (non-hydrogen) atoms. The summed E-state index contributed by atoms with van der Waals surface area (Å²) in [6, 6.07) is 0. The van der Waals surface area contributed by atoms with Gasteiger partial charge in [0.2, 0.25) is 0 Å². The second-order valence-corrected chi connectivity index (χ2v) is 4.52. The highest BCUT2D eigenvalue weighted by molar-refractivity contribution is 6.27. The van der Waals surface area contributed by atoms with Crippen LogP contribution in [0.2, 0.25) is 5.31 Å². The lowest BCUT2D eigenvalue weighted by atomic mass is 9.57. The predicted octanol–water partition coefficient (Wildman–Crippen LogP) is 1.51. The zero-order valence-corrected chi connectivity index (χ0v) is 11.6. The Bertz CT molecular complexity index is 213. The van der Waals surface area contributed by atoms with Crippen LogP contribution in [-0.2, 0) is 4.79 Å². The third-order valence-corrected chi connectivity index (χ3v) is 3.50. The molecule has 1 heterocycles. The van der Waals surface area contributed by atoms with E-state index in [9.17, 15) is 9.90 Å². The largest absolute Gasteiger partial charge is 0.481 e. The number of halogens is 2. The fraction of sp³-hybridized carbons (Fsp3) is 0.900. The molecular formula is C10H22BCl2NO2. The molecule has 0 bridgehead atoms. The van der Waals surface area contributed by atoms with Crippen molar-refractivity contribution in [3.63, 3.8) is 0 Å². The molecule has 0 spiro atoms. The summed E-state index contributed by atoms with van der Waals surface area (Å²) in [7, 11) is 1.91. The molecule has 3 nitrogen and oxygen atoms in total. The van der Waals surface area contributed by atoms with Crippen LogP contribution in [0.25, 0.3) is 0 Å². The normalized spacial score (nSPS) is 22.7. The lowest BCUT2D eigenvalue weighted by Crippen LogP contribution is -2.33. The average Bonchev–Trinajstić information content (AvgIpc) is 2.66. The molecule has 1 aliphatic heterocycles. The third kappa shape index (κ3) is 4.15. The highest BCUT2D eigenvalue weighted by Crippen LogP contribution is 2.41. The molecule has 6 heteroatoms. The second-order valence-electron chi connectivity index (χ2n) is 4.52. The molecular weight excluding hydrogens is 248 g/mol. The first-order valence-electron chi connectivity index (χ1n) is 5.55. The van der Waals surface area contributed by atoms with Gasteiger partial charge in [0.05, 0.1) is 0 Å². The summed E-state index contributed by atoms with van der Waals surface area (Å²) in [5, 5.41) is 12.0. The maximum atomic E-state index is 11.3. The van der Waals surface area contributed by atoms with Gasteiger partial charge >= 0.3 is 5.97 Å². The van der Waals surface area contributed by atoms with Gasteiger partial charge in [0.25, 0.3) is 0 Å². The van der Waals surface area contributed by atoms with Crippen molar-refractivity contribution in [2.24, 2.45) is 5.92 Å². The van der Waals surface area contributed by atoms with Crippen molar-refractivity contribution in [1.29, 1.82) is 0 Å². The van der Waals surface area contributed by atoms with Gasteiger partial charge in [0, 0.05) is 5.31 Å². The Kier molecular flexibility index (Phi) is 9.46. The van der Waals surface area contributed by atoms with Crippen LogP contribution in [0.1, 0.15) is 32.6 Å². The van der Waals surface area contributed by atoms with Crippen LogP contribution in [0.15, 0.2) is 0 Å². The fourth-order valence-electron chi connectivity index (χ4n) is 2.23. The van der Waals surface area contributed by atoms with Gasteiger partial charge in [-0.05, 0) is 31.8 Å². The molecule has 0 aromatic carbocycles. The van der Waals surface area contributed by atoms with Crippen LogP contribution in [0.5, 0.6) is 0 Å². The summed E-state index contributed by atoms with van der Waals surface area (Å²) < 4.78 is 0. The van der Waals surface area contributed by atoms with Gasteiger partial charge in [0.15, 0.2) is 0 Å². The molecule has 0 amide bonds. The summed E-state index contributed by atoms with van der Waals surface area (Å²) >= 11 is 0. The van der Waals surface area contributed by atoms with Crippen molar-refractivity contribution in [3.8, 4) is 0 Å². The molecule has 2 N–H and O–H groups in total. The van der Waals surface area contributed by atoms with Crippen molar-refractivity contribution >= 4 is 38.6 Å². The molecule has 1 fully saturated rings. The van der Waals surface area contributed by atoms with E-state index >= 15 is 0 Å². The van der Waals surface area contributed by atoms with Gasteiger partial charge in [-0.15, -0.1) is 24.8 Å². The van der Waals surface area contributed by atoms with E-state index in [0.29, 0.717) is 5.92 Å². The number of nitrogens with one attached hydrogen (secondary N) is 1. The molecule has 0 radical (unpaired) electrons. The molecule has 0 aliphatic carbocycles. The molecule has 96 valence electrons. The van der Waals surface area contributed by atoms with Crippen LogP contribution in [-0.4, -0.2) is 32.0 Å². The molecule has 0 aromatic heterocycles. The number of carboxylic acid groups (broad SMARTS) is 1. The monoisotopic (exact) mass is 269 g/mol. The van der Waals surface area contributed by atoms with E-state index in [0.717, 1.165) is 38.8 Å². The van der Waals surface area contributed by atoms with Crippen LogP contribution in [0.4, 0.5) is 0 Å².